The van der Waals surface area contributed by atoms with Crippen LogP contribution in [0.2, 0.25) is 0 Å². The second-order valence-corrected chi connectivity index (χ2v) is 13.0. The molecular weight excluding hydrogens is 574 g/mol. The molecule has 1 aliphatic carbocycles. The van der Waals surface area contributed by atoms with Crippen molar-refractivity contribution in [1.82, 2.24) is 14.5 Å². The van der Waals surface area contributed by atoms with Gasteiger partial charge in [0.25, 0.3) is 0 Å². The van der Waals surface area contributed by atoms with Gasteiger partial charge in [-0.2, -0.15) is 0 Å². The molecule has 0 atom stereocenters. The van der Waals surface area contributed by atoms with Gasteiger partial charge >= 0.3 is 0 Å². The van der Waals surface area contributed by atoms with Crippen LogP contribution < -0.4 is 0 Å². The monoisotopic (exact) mass is 603 g/mol. The maximum absolute atomic E-state index is 6.85. The fraction of sp³-hybridized carbons (Fsp3) is 0.0698. The SMILES string of the molecule is CC1(C)c2ccccc2-c2c1c1oc3ccccc3c1c1c3ccccc3n(-c3cc(-c4ccccc4)nc(-c4ccccc4)n3)c21. The van der Waals surface area contributed by atoms with E-state index >= 15 is 0 Å². The number of fused-ring (bicyclic) bond motifs is 12. The van der Waals surface area contributed by atoms with Gasteiger partial charge in [0, 0.05) is 55.3 Å². The van der Waals surface area contributed by atoms with E-state index in [1.807, 2.05) is 24.3 Å². The van der Waals surface area contributed by atoms with E-state index in [1.54, 1.807) is 0 Å². The van der Waals surface area contributed by atoms with E-state index in [1.165, 1.54) is 33.0 Å². The van der Waals surface area contributed by atoms with Crippen molar-refractivity contribution in [2.75, 3.05) is 0 Å². The molecule has 0 N–H and O–H groups in total. The second kappa shape index (κ2) is 9.51. The number of rotatable bonds is 3. The number of nitrogens with zero attached hydrogens (tertiary/aromatic N) is 3. The second-order valence-electron chi connectivity index (χ2n) is 13.0. The highest BCUT2D eigenvalue weighted by molar-refractivity contribution is 6.32. The zero-order chi connectivity index (χ0) is 31.3. The van der Waals surface area contributed by atoms with Gasteiger partial charge in [0.1, 0.15) is 17.0 Å². The molecule has 0 bridgehead atoms. The highest BCUT2D eigenvalue weighted by Gasteiger charge is 2.41. The molecule has 10 rings (SSSR count). The summed E-state index contributed by atoms with van der Waals surface area (Å²) in [6, 6.07) is 48.8. The summed E-state index contributed by atoms with van der Waals surface area (Å²) < 4.78 is 9.23. The lowest BCUT2D eigenvalue weighted by Crippen LogP contribution is -2.15. The number of hydrogen-bond acceptors (Lipinski definition) is 3. The Morgan fingerprint density at radius 3 is 2.09 bits per heavy atom. The molecule has 222 valence electrons. The van der Waals surface area contributed by atoms with E-state index in [-0.39, 0.29) is 5.41 Å². The molecule has 4 heteroatoms. The summed E-state index contributed by atoms with van der Waals surface area (Å²) in [6.45, 7) is 4.66. The van der Waals surface area contributed by atoms with Crippen molar-refractivity contribution in [3.05, 3.63) is 151 Å². The predicted molar refractivity (Wildman–Crippen MR) is 192 cm³/mol. The van der Waals surface area contributed by atoms with Crippen LogP contribution in [0.4, 0.5) is 0 Å². The highest BCUT2D eigenvalue weighted by atomic mass is 16.3. The summed E-state index contributed by atoms with van der Waals surface area (Å²) in [7, 11) is 0. The van der Waals surface area contributed by atoms with Gasteiger partial charge in [-0.25, -0.2) is 9.97 Å². The molecular formula is C43H29N3O. The maximum atomic E-state index is 6.85. The van der Waals surface area contributed by atoms with Gasteiger partial charge in [0.05, 0.1) is 16.7 Å². The molecule has 0 amide bonds. The van der Waals surface area contributed by atoms with Crippen LogP contribution in [0.15, 0.2) is 144 Å². The van der Waals surface area contributed by atoms with E-state index in [0.717, 1.165) is 55.6 Å². The highest BCUT2D eigenvalue weighted by Crippen LogP contribution is 2.57. The summed E-state index contributed by atoms with van der Waals surface area (Å²) in [6.07, 6.45) is 0. The standard InChI is InChI=1S/C43H29N3O/c1-43(2)31-22-12-9-19-28(31)38-39(43)41-37(30-21-11-14-24-34(30)47-41)36-29-20-10-13-23-33(29)46(40(36)38)35-25-32(26-15-5-3-6-16-26)44-42(45-35)27-17-7-4-8-18-27/h3-25H,1-2H3. The zero-order valence-corrected chi connectivity index (χ0v) is 26.0. The smallest absolute Gasteiger partial charge is 0.162 e. The third-order valence-corrected chi connectivity index (χ3v) is 9.97. The Morgan fingerprint density at radius 2 is 1.28 bits per heavy atom. The maximum Gasteiger partial charge on any atom is 0.162 e. The van der Waals surface area contributed by atoms with Crippen LogP contribution in [-0.2, 0) is 5.41 Å². The van der Waals surface area contributed by atoms with Gasteiger partial charge in [-0.05, 0) is 23.3 Å². The van der Waals surface area contributed by atoms with Gasteiger partial charge in [-0.15, -0.1) is 0 Å². The molecule has 0 spiro atoms. The quantitative estimate of drug-likeness (QED) is 0.202. The number of benzene rings is 6. The average molecular weight is 604 g/mol. The van der Waals surface area contributed by atoms with Crippen molar-refractivity contribution < 1.29 is 4.42 Å². The van der Waals surface area contributed by atoms with Crippen LogP contribution in [0.3, 0.4) is 0 Å². The van der Waals surface area contributed by atoms with Gasteiger partial charge in [0.15, 0.2) is 5.82 Å². The van der Waals surface area contributed by atoms with Crippen LogP contribution in [0.1, 0.15) is 25.0 Å². The Bertz CT molecular complexity index is 2640. The van der Waals surface area contributed by atoms with Crippen LogP contribution in [0, 0.1) is 0 Å². The molecule has 3 heterocycles. The summed E-state index contributed by atoms with van der Waals surface area (Å²) in [4.78, 5) is 10.5. The normalized spacial score (nSPS) is 13.5. The molecule has 3 aromatic heterocycles. The molecule has 6 aromatic carbocycles. The first-order chi connectivity index (χ1) is 23.1. The molecule has 0 radical (unpaired) electrons. The lowest BCUT2D eigenvalue weighted by molar-refractivity contribution is 0.620. The molecule has 0 saturated heterocycles. The lowest BCUT2D eigenvalue weighted by atomic mass is 9.81. The Kier molecular flexibility index (Phi) is 5.31. The Balaban J connectivity index is 1.45. The minimum absolute atomic E-state index is 0.274. The van der Waals surface area contributed by atoms with Gasteiger partial charge in [-0.3, -0.25) is 4.57 Å². The van der Waals surface area contributed by atoms with Crippen molar-refractivity contribution in [3.8, 4) is 39.6 Å². The third kappa shape index (κ3) is 3.58. The van der Waals surface area contributed by atoms with Crippen molar-refractivity contribution in [1.29, 1.82) is 0 Å². The number of aromatic nitrogens is 3. The Hall–Kier alpha value is -6.00. The van der Waals surface area contributed by atoms with Crippen molar-refractivity contribution in [2.45, 2.75) is 19.3 Å². The van der Waals surface area contributed by atoms with Crippen LogP contribution >= 0.6 is 0 Å². The van der Waals surface area contributed by atoms with E-state index in [2.05, 4.69) is 134 Å². The molecule has 0 fully saturated rings. The third-order valence-electron chi connectivity index (χ3n) is 9.97. The van der Waals surface area contributed by atoms with E-state index < -0.39 is 0 Å². The van der Waals surface area contributed by atoms with Crippen molar-refractivity contribution in [2.24, 2.45) is 0 Å². The minimum Gasteiger partial charge on any atom is -0.456 e. The van der Waals surface area contributed by atoms with Gasteiger partial charge < -0.3 is 4.42 Å². The van der Waals surface area contributed by atoms with Gasteiger partial charge in [-0.1, -0.05) is 135 Å². The molecule has 4 nitrogen and oxygen atoms in total. The minimum atomic E-state index is -0.274. The Labute approximate surface area is 271 Å². The molecule has 47 heavy (non-hydrogen) atoms. The summed E-state index contributed by atoms with van der Waals surface area (Å²) in [5, 5.41) is 4.64. The average Bonchev–Trinajstić information content (AvgIpc) is 3.75. The van der Waals surface area contributed by atoms with E-state index in [9.17, 15) is 0 Å². The fourth-order valence-corrected chi connectivity index (χ4v) is 7.93. The summed E-state index contributed by atoms with van der Waals surface area (Å²) in [5.74, 6) is 1.53. The first-order valence-corrected chi connectivity index (χ1v) is 16.1. The lowest BCUT2D eigenvalue weighted by Gasteiger charge is -2.22. The van der Waals surface area contributed by atoms with Crippen LogP contribution in [-0.4, -0.2) is 14.5 Å². The molecule has 0 aliphatic heterocycles. The first kappa shape index (κ1) is 26.2. The fourth-order valence-electron chi connectivity index (χ4n) is 7.93. The molecule has 0 unspecified atom stereocenters. The Morgan fingerprint density at radius 1 is 0.617 bits per heavy atom. The topological polar surface area (TPSA) is 43.9 Å². The number of hydrogen-bond donors (Lipinski definition) is 0. The van der Waals surface area contributed by atoms with Gasteiger partial charge in [0.2, 0.25) is 0 Å². The number of para-hydroxylation sites is 2. The molecule has 1 aliphatic rings. The van der Waals surface area contributed by atoms with Crippen molar-refractivity contribution >= 4 is 43.7 Å². The summed E-state index contributed by atoms with van der Waals surface area (Å²) in [5.41, 5.74) is 11.7. The van der Waals surface area contributed by atoms with Crippen LogP contribution in [0.25, 0.3) is 83.3 Å². The zero-order valence-electron chi connectivity index (χ0n) is 26.0. The first-order valence-electron chi connectivity index (χ1n) is 16.1. The predicted octanol–water partition coefficient (Wildman–Crippen LogP) is 11.1. The van der Waals surface area contributed by atoms with Crippen molar-refractivity contribution in [3.63, 3.8) is 0 Å². The van der Waals surface area contributed by atoms with Crippen LogP contribution in [0.5, 0.6) is 0 Å². The molecule has 9 aromatic rings. The largest absolute Gasteiger partial charge is 0.456 e. The number of furan rings is 1. The summed E-state index contributed by atoms with van der Waals surface area (Å²) >= 11 is 0. The van der Waals surface area contributed by atoms with E-state index in [4.69, 9.17) is 14.4 Å². The van der Waals surface area contributed by atoms with E-state index in [0.29, 0.717) is 5.82 Å². The molecule has 0 saturated carbocycles.